The highest BCUT2D eigenvalue weighted by Crippen LogP contribution is 2.42. The first-order chi connectivity index (χ1) is 14.6. The second-order valence-electron chi connectivity index (χ2n) is 9.34. The lowest BCUT2D eigenvalue weighted by atomic mass is 9.68. The van der Waals surface area contributed by atoms with Crippen molar-refractivity contribution in [1.29, 1.82) is 5.26 Å². The zero-order chi connectivity index (χ0) is 21.2. The van der Waals surface area contributed by atoms with E-state index < -0.39 is 5.83 Å². The molecular formula is C27H35F2N. The van der Waals surface area contributed by atoms with Crippen molar-refractivity contribution < 1.29 is 8.78 Å². The van der Waals surface area contributed by atoms with E-state index in [2.05, 4.69) is 6.08 Å². The summed E-state index contributed by atoms with van der Waals surface area (Å²) in [7, 11) is 0. The van der Waals surface area contributed by atoms with E-state index in [1.54, 1.807) is 18.2 Å². The van der Waals surface area contributed by atoms with E-state index >= 15 is 0 Å². The summed E-state index contributed by atoms with van der Waals surface area (Å²) in [5.41, 5.74) is 1.25. The number of rotatable bonds is 8. The Labute approximate surface area is 180 Å². The van der Waals surface area contributed by atoms with Crippen LogP contribution in [0.1, 0.15) is 76.2 Å². The van der Waals surface area contributed by atoms with Gasteiger partial charge in [-0.2, -0.15) is 9.65 Å². The summed E-state index contributed by atoms with van der Waals surface area (Å²) in [6.45, 7) is 0. The molecule has 162 valence electrons. The third-order valence-electron chi connectivity index (χ3n) is 7.35. The molecular weight excluding hydrogens is 376 g/mol. The van der Waals surface area contributed by atoms with Gasteiger partial charge in [-0.1, -0.05) is 50.0 Å². The van der Waals surface area contributed by atoms with Crippen molar-refractivity contribution in [3.8, 4) is 6.07 Å². The number of unbranched alkanes of at least 4 members (excludes halogenated alkanes) is 1. The number of nitriles is 1. The van der Waals surface area contributed by atoms with Crippen LogP contribution in [0.15, 0.2) is 48.3 Å². The van der Waals surface area contributed by atoms with Gasteiger partial charge in [0.25, 0.3) is 0 Å². The maximum Gasteiger partial charge on any atom is 0.199 e. The smallest absolute Gasteiger partial charge is 0.199 e. The molecule has 0 atom stereocenters. The SMILES string of the molecule is N#C/C(F)=C/C=C/C1CCC([C@H]2CC[C@H](CCCCc3ccc(F)cc3)CC2)CC1. The first-order valence-electron chi connectivity index (χ1n) is 11.8. The van der Waals surface area contributed by atoms with Crippen LogP contribution >= 0.6 is 0 Å². The van der Waals surface area contributed by atoms with Gasteiger partial charge in [-0.15, -0.1) is 0 Å². The van der Waals surface area contributed by atoms with E-state index in [1.165, 1.54) is 88.3 Å². The molecule has 1 aromatic carbocycles. The minimum atomic E-state index is -0.716. The van der Waals surface area contributed by atoms with Crippen LogP contribution in [0.2, 0.25) is 0 Å². The largest absolute Gasteiger partial charge is 0.207 e. The molecule has 0 bridgehead atoms. The van der Waals surface area contributed by atoms with Crippen LogP contribution in [0, 0.1) is 40.8 Å². The van der Waals surface area contributed by atoms with Gasteiger partial charge in [0.2, 0.25) is 0 Å². The molecule has 0 amide bonds. The third-order valence-corrected chi connectivity index (χ3v) is 7.35. The number of benzene rings is 1. The highest BCUT2D eigenvalue weighted by atomic mass is 19.1. The number of aryl methyl sites for hydroxylation is 1. The van der Waals surface area contributed by atoms with E-state index in [4.69, 9.17) is 5.26 Å². The Morgan fingerprint density at radius 3 is 2.20 bits per heavy atom. The van der Waals surface area contributed by atoms with Crippen molar-refractivity contribution in [3.05, 3.63) is 59.7 Å². The van der Waals surface area contributed by atoms with Gasteiger partial charge in [0, 0.05) is 0 Å². The zero-order valence-electron chi connectivity index (χ0n) is 18.0. The van der Waals surface area contributed by atoms with Crippen molar-refractivity contribution in [2.45, 2.75) is 77.0 Å². The van der Waals surface area contributed by atoms with Crippen LogP contribution < -0.4 is 0 Å². The summed E-state index contributed by atoms with van der Waals surface area (Å²) in [4.78, 5) is 0. The molecule has 2 aliphatic carbocycles. The molecule has 2 fully saturated rings. The predicted molar refractivity (Wildman–Crippen MR) is 119 cm³/mol. The summed E-state index contributed by atoms with van der Waals surface area (Å²) in [6, 6.07) is 8.45. The van der Waals surface area contributed by atoms with Crippen LogP contribution in [0.25, 0.3) is 0 Å². The molecule has 1 nitrogen and oxygen atoms in total. The van der Waals surface area contributed by atoms with E-state index in [1.807, 2.05) is 12.1 Å². The highest BCUT2D eigenvalue weighted by molar-refractivity contribution is 5.19. The summed E-state index contributed by atoms with van der Waals surface area (Å²) >= 11 is 0. The number of allylic oxidation sites excluding steroid dienone is 4. The van der Waals surface area contributed by atoms with E-state index in [-0.39, 0.29) is 5.82 Å². The lowest BCUT2D eigenvalue weighted by molar-refractivity contribution is 0.151. The maximum absolute atomic E-state index is 13.0. The molecule has 3 heteroatoms. The number of nitrogens with zero attached hydrogens (tertiary/aromatic N) is 1. The number of halogens is 2. The lowest BCUT2D eigenvalue weighted by Gasteiger charge is -2.37. The van der Waals surface area contributed by atoms with Gasteiger partial charge in [0.15, 0.2) is 5.83 Å². The monoisotopic (exact) mass is 411 g/mol. The molecule has 3 rings (SSSR count). The molecule has 0 radical (unpaired) electrons. The molecule has 30 heavy (non-hydrogen) atoms. The Kier molecular flexibility index (Phi) is 9.12. The average molecular weight is 412 g/mol. The Morgan fingerprint density at radius 1 is 0.933 bits per heavy atom. The Hall–Kier alpha value is -1.95. The second kappa shape index (κ2) is 12.0. The molecule has 0 unspecified atom stereocenters. The summed E-state index contributed by atoms with van der Waals surface area (Å²) < 4.78 is 25.8. The molecule has 0 aromatic heterocycles. The molecule has 1 aromatic rings. The van der Waals surface area contributed by atoms with Crippen LogP contribution in [0.3, 0.4) is 0 Å². The van der Waals surface area contributed by atoms with Gasteiger partial charge in [0.05, 0.1) is 0 Å². The summed E-state index contributed by atoms with van der Waals surface area (Å²) in [5, 5.41) is 8.45. The van der Waals surface area contributed by atoms with E-state index in [0.29, 0.717) is 5.92 Å². The second-order valence-corrected chi connectivity index (χ2v) is 9.34. The Bertz CT molecular complexity index is 727. The maximum atomic E-state index is 13.0. The van der Waals surface area contributed by atoms with Gasteiger partial charge in [-0.05, 0) is 98.8 Å². The van der Waals surface area contributed by atoms with E-state index in [9.17, 15) is 8.78 Å². The topological polar surface area (TPSA) is 23.8 Å². The minimum Gasteiger partial charge on any atom is -0.207 e. The van der Waals surface area contributed by atoms with E-state index in [0.717, 1.165) is 24.2 Å². The van der Waals surface area contributed by atoms with Crippen molar-refractivity contribution in [3.63, 3.8) is 0 Å². The number of hydrogen-bond acceptors (Lipinski definition) is 1. The molecule has 2 aliphatic rings. The third kappa shape index (κ3) is 7.38. The van der Waals surface area contributed by atoms with Gasteiger partial charge in [-0.25, -0.2) is 4.39 Å². The van der Waals surface area contributed by atoms with Crippen molar-refractivity contribution in [1.82, 2.24) is 0 Å². The summed E-state index contributed by atoms with van der Waals surface area (Å²) in [5.74, 6) is 2.36. The van der Waals surface area contributed by atoms with Gasteiger partial charge in [0.1, 0.15) is 11.9 Å². The normalized spacial score (nSPS) is 27.8. The quantitative estimate of drug-likeness (QED) is 0.241. The van der Waals surface area contributed by atoms with Gasteiger partial charge in [-0.3, -0.25) is 0 Å². The molecule has 0 saturated heterocycles. The molecule has 0 aliphatic heterocycles. The first kappa shape index (κ1) is 22.7. The molecule has 0 spiro atoms. The fourth-order valence-electron chi connectivity index (χ4n) is 5.50. The lowest BCUT2D eigenvalue weighted by Crippen LogP contribution is -2.25. The Morgan fingerprint density at radius 2 is 1.57 bits per heavy atom. The predicted octanol–water partition coefficient (Wildman–Crippen LogP) is 8.08. The minimum absolute atomic E-state index is 0.149. The molecule has 0 heterocycles. The fourth-order valence-corrected chi connectivity index (χ4v) is 5.50. The number of hydrogen-bond donors (Lipinski definition) is 0. The van der Waals surface area contributed by atoms with Crippen molar-refractivity contribution in [2.24, 2.45) is 23.7 Å². The first-order valence-corrected chi connectivity index (χ1v) is 11.8. The van der Waals surface area contributed by atoms with Crippen molar-refractivity contribution in [2.75, 3.05) is 0 Å². The van der Waals surface area contributed by atoms with Crippen LogP contribution in [-0.2, 0) is 6.42 Å². The van der Waals surface area contributed by atoms with Gasteiger partial charge >= 0.3 is 0 Å². The molecule has 2 saturated carbocycles. The van der Waals surface area contributed by atoms with Crippen LogP contribution in [0.5, 0.6) is 0 Å². The standard InChI is InChI=1S/C27H35F2N/c28-26-18-12-22(13-19-26)5-2-1-4-21-8-14-24(15-9-21)25-16-10-23(11-17-25)6-3-7-27(29)20-30/h3,6-7,12-13,18-19,21,23-25H,1-2,4-5,8-11,14-17H2/b6-3+,27-7-/t21-,23?,24-,25?. The highest BCUT2D eigenvalue weighted by Gasteiger charge is 2.30. The van der Waals surface area contributed by atoms with Crippen LogP contribution in [-0.4, -0.2) is 0 Å². The van der Waals surface area contributed by atoms with Crippen molar-refractivity contribution >= 4 is 0 Å². The molecule has 0 N–H and O–H groups in total. The van der Waals surface area contributed by atoms with Crippen LogP contribution in [0.4, 0.5) is 8.78 Å². The summed E-state index contributed by atoms with van der Waals surface area (Å²) in [6.07, 6.45) is 20.5. The fraction of sp³-hybridized carbons (Fsp3) is 0.593. The Balaban J connectivity index is 1.28. The zero-order valence-corrected chi connectivity index (χ0v) is 18.0. The van der Waals surface area contributed by atoms with Gasteiger partial charge < -0.3 is 0 Å². The average Bonchev–Trinajstić information content (AvgIpc) is 2.79.